The van der Waals surface area contributed by atoms with E-state index < -0.39 is 0 Å². The lowest BCUT2D eigenvalue weighted by Crippen LogP contribution is -2.41. The first-order valence-electron chi connectivity index (χ1n) is 6.87. The average molecular weight is 244 g/mol. The molecular weight excluding hydrogens is 224 g/mol. The second-order valence-corrected chi connectivity index (χ2v) is 5.83. The predicted octanol–water partition coefficient (Wildman–Crippen LogP) is 3.27. The van der Waals surface area contributed by atoms with Crippen LogP contribution in [0.4, 0.5) is 0 Å². The third-order valence-corrected chi connectivity index (χ3v) is 4.79. The van der Waals surface area contributed by atoms with Gasteiger partial charge in [0.25, 0.3) is 0 Å². The first kappa shape index (κ1) is 11.8. The summed E-state index contributed by atoms with van der Waals surface area (Å²) in [4.78, 5) is 12.7. The highest BCUT2D eigenvalue weighted by Crippen LogP contribution is 2.46. The smallest absolute Gasteiger partial charge is 0.146 e. The zero-order chi connectivity index (χ0) is 12.8. The summed E-state index contributed by atoms with van der Waals surface area (Å²) in [6.45, 7) is 2.13. The molecule has 2 nitrogen and oxygen atoms in total. The lowest BCUT2D eigenvalue weighted by atomic mass is 9.65. The van der Waals surface area contributed by atoms with Crippen molar-refractivity contribution in [2.24, 2.45) is 5.92 Å². The molecule has 0 N–H and O–H groups in total. The summed E-state index contributed by atoms with van der Waals surface area (Å²) in [5, 5.41) is 0. The molecule has 2 aliphatic rings. The molecule has 1 fully saturated rings. The fourth-order valence-electron chi connectivity index (χ4n) is 3.77. The Morgan fingerprint density at radius 3 is 2.94 bits per heavy atom. The molecule has 18 heavy (non-hydrogen) atoms. The number of fused-ring (bicyclic) bond motifs is 4. The molecule has 0 heterocycles. The van der Waals surface area contributed by atoms with Crippen LogP contribution in [0, 0.1) is 5.92 Å². The largest absolute Gasteiger partial charge is 0.496 e. The van der Waals surface area contributed by atoms with Gasteiger partial charge in [-0.15, -0.1) is 0 Å². The molecule has 3 rings (SSSR count). The lowest BCUT2D eigenvalue weighted by molar-refractivity contribution is -0.128. The van der Waals surface area contributed by atoms with Gasteiger partial charge in [-0.05, 0) is 43.4 Å². The number of hydrogen-bond donors (Lipinski definition) is 0. The molecule has 1 saturated carbocycles. The van der Waals surface area contributed by atoms with Crippen LogP contribution in [0.2, 0.25) is 0 Å². The van der Waals surface area contributed by atoms with E-state index in [2.05, 4.69) is 13.0 Å². The van der Waals surface area contributed by atoms with Crippen LogP contribution in [0.25, 0.3) is 0 Å². The van der Waals surface area contributed by atoms with Gasteiger partial charge in [0.15, 0.2) is 0 Å². The van der Waals surface area contributed by atoms with Crippen LogP contribution in [0.3, 0.4) is 0 Å². The number of carbonyl (C=O) groups excluding carboxylic acids is 1. The highest BCUT2D eigenvalue weighted by atomic mass is 16.5. The molecule has 0 spiro atoms. The van der Waals surface area contributed by atoms with Crippen molar-refractivity contribution in [3.8, 4) is 5.75 Å². The minimum Gasteiger partial charge on any atom is -0.496 e. The van der Waals surface area contributed by atoms with Gasteiger partial charge in [0, 0.05) is 5.92 Å². The Morgan fingerprint density at radius 1 is 1.33 bits per heavy atom. The van der Waals surface area contributed by atoms with Crippen molar-refractivity contribution < 1.29 is 9.53 Å². The van der Waals surface area contributed by atoms with Gasteiger partial charge < -0.3 is 4.74 Å². The Labute approximate surface area is 108 Å². The van der Waals surface area contributed by atoms with Crippen LogP contribution in [-0.2, 0) is 16.6 Å². The van der Waals surface area contributed by atoms with E-state index in [4.69, 9.17) is 4.74 Å². The van der Waals surface area contributed by atoms with E-state index in [0.717, 1.165) is 31.4 Å². The van der Waals surface area contributed by atoms with E-state index in [1.807, 2.05) is 12.1 Å². The quantitative estimate of drug-likeness (QED) is 0.758. The molecule has 0 aromatic heterocycles. The molecule has 96 valence electrons. The van der Waals surface area contributed by atoms with Crippen molar-refractivity contribution in [2.75, 3.05) is 7.11 Å². The molecule has 1 aromatic rings. The van der Waals surface area contributed by atoms with Crippen molar-refractivity contribution >= 4 is 5.78 Å². The normalized spacial score (nSPS) is 30.6. The van der Waals surface area contributed by atoms with Gasteiger partial charge in [-0.2, -0.15) is 0 Å². The van der Waals surface area contributed by atoms with E-state index in [-0.39, 0.29) is 11.3 Å². The van der Waals surface area contributed by atoms with E-state index in [9.17, 15) is 4.79 Å². The molecule has 0 aliphatic heterocycles. The minimum absolute atomic E-state index is 0.210. The summed E-state index contributed by atoms with van der Waals surface area (Å²) >= 11 is 0. The fourth-order valence-corrected chi connectivity index (χ4v) is 3.77. The van der Waals surface area contributed by atoms with Crippen LogP contribution >= 0.6 is 0 Å². The predicted molar refractivity (Wildman–Crippen MR) is 71.0 cm³/mol. The zero-order valence-corrected chi connectivity index (χ0v) is 11.2. The standard InChI is InChI=1S/C16H20O2/c1-16-9-4-3-6-11(15(16)17)10-12-13(16)7-5-8-14(12)18-2/h5,7-8,11H,3-4,6,9-10H2,1-2H3. The van der Waals surface area contributed by atoms with Gasteiger partial charge in [0.2, 0.25) is 0 Å². The summed E-state index contributed by atoms with van der Waals surface area (Å²) in [6, 6.07) is 6.16. The van der Waals surface area contributed by atoms with Crippen LogP contribution in [0.15, 0.2) is 18.2 Å². The Balaban J connectivity index is 2.20. The second kappa shape index (κ2) is 4.11. The molecule has 0 radical (unpaired) electrons. The Morgan fingerprint density at radius 2 is 2.17 bits per heavy atom. The van der Waals surface area contributed by atoms with Gasteiger partial charge in [-0.1, -0.05) is 25.0 Å². The maximum absolute atomic E-state index is 12.7. The number of ether oxygens (including phenoxy) is 1. The third kappa shape index (κ3) is 1.51. The first-order valence-corrected chi connectivity index (χ1v) is 6.87. The number of carbonyl (C=O) groups is 1. The summed E-state index contributed by atoms with van der Waals surface area (Å²) in [7, 11) is 1.72. The summed E-state index contributed by atoms with van der Waals surface area (Å²) < 4.78 is 5.49. The summed E-state index contributed by atoms with van der Waals surface area (Å²) in [6.07, 6.45) is 5.25. The number of ketones is 1. The van der Waals surface area contributed by atoms with Crippen molar-refractivity contribution in [1.82, 2.24) is 0 Å². The van der Waals surface area contributed by atoms with Gasteiger partial charge in [0.05, 0.1) is 12.5 Å². The third-order valence-electron chi connectivity index (χ3n) is 4.79. The highest BCUT2D eigenvalue weighted by Gasteiger charge is 2.46. The summed E-state index contributed by atoms with van der Waals surface area (Å²) in [5.41, 5.74) is 2.21. The van der Waals surface area contributed by atoms with E-state index in [1.165, 1.54) is 17.5 Å². The van der Waals surface area contributed by atoms with Crippen molar-refractivity contribution in [2.45, 2.75) is 44.4 Å². The van der Waals surface area contributed by atoms with E-state index >= 15 is 0 Å². The molecule has 2 unspecified atom stereocenters. The second-order valence-electron chi connectivity index (χ2n) is 5.83. The Bertz CT molecular complexity index is 492. The molecule has 2 aliphatic carbocycles. The lowest BCUT2D eigenvalue weighted by Gasteiger charge is -2.37. The average Bonchev–Trinajstić information content (AvgIpc) is 2.48. The zero-order valence-electron chi connectivity index (χ0n) is 11.2. The van der Waals surface area contributed by atoms with Gasteiger partial charge in [0.1, 0.15) is 11.5 Å². The van der Waals surface area contributed by atoms with Crippen LogP contribution < -0.4 is 4.74 Å². The number of hydrogen-bond acceptors (Lipinski definition) is 2. The monoisotopic (exact) mass is 244 g/mol. The molecule has 2 bridgehead atoms. The van der Waals surface area contributed by atoms with E-state index in [0.29, 0.717) is 5.78 Å². The molecule has 0 amide bonds. The fraction of sp³-hybridized carbons (Fsp3) is 0.562. The van der Waals surface area contributed by atoms with Crippen LogP contribution in [0.5, 0.6) is 5.75 Å². The van der Waals surface area contributed by atoms with Gasteiger partial charge >= 0.3 is 0 Å². The van der Waals surface area contributed by atoms with Gasteiger partial charge in [-0.25, -0.2) is 0 Å². The maximum atomic E-state index is 12.7. The van der Waals surface area contributed by atoms with Crippen molar-refractivity contribution in [3.63, 3.8) is 0 Å². The number of methoxy groups -OCH3 is 1. The molecular formula is C16H20O2. The Hall–Kier alpha value is -1.31. The maximum Gasteiger partial charge on any atom is 0.146 e. The minimum atomic E-state index is -0.275. The first-order chi connectivity index (χ1) is 8.66. The van der Waals surface area contributed by atoms with E-state index in [1.54, 1.807) is 7.11 Å². The van der Waals surface area contributed by atoms with Gasteiger partial charge in [-0.3, -0.25) is 4.79 Å². The molecule has 2 heteroatoms. The summed E-state index contributed by atoms with van der Waals surface area (Å²) in [5.74, 6) is 1.63. The Kier molecular flexibility index (Phi) is 2.69. The number of benzene rings is 1. The van der Waals surface area contributed by atoms with Crippen molar-refractivity contribution in [1.29, 1.82) is 0 Å². The van der Waals surface area contributed by atoms with Crippen LogP contribution in [0.1, 0.15) is 43.7 Å². The highest BCUT2D eigenvalue weighted by molar-refractivity contribution is 5.94. The SMILES string of the molecule is COc1cccc2c1CC1CCCCC2(C)C1=O. The molecule has 2 atom stereocenters. The van der Waals surface area contributed by atoms with Crippen LogP contribution in [-0.4, -0.2) is 12.9 Å². The number of rotatable bonds is 1. The molecule has 1 aromatic carbocycles. The number of Topliss-reactive ketones (excluding diaryl/α,β-unsaturated/α-hetero) is 1. The van der Waals surface area contributed by atoms with Crippen molar-refractivity contribution in [3.05, 3.63) is 29.3 Å². The topological polar surface area (TPSA) is 26.3 Å². The molecule has 0 saturated heterocycles.